The normalized spacial score (nSPS) is 32.6. The molecule has 1 spiro atoms. The Kier molecular flexibility index (Phi) is 6.16. The molecular formula is C23H29N2O8P. The Hall–Kier alpha value is -2.07. The molecule has 5 rings (SSSR count). The predicted octanol–water partition coefficient (Wildman–Crippen LogP) is 2.63. The third-order valence-corrected chi connectivity index (χ3v) is 8.13. The van der Waals surface area contributed by atoms with Crippen LogP contribution in [0, 0.1) is 0 Å². The van der Waals surface area contributed by atoms with Crippen molar-refractivity contribution in [3.8, 4) is 0 Å². The van der Waals surface area contributed by atoms with Gasteiger partial charge in [0.25, 0.3) is 5.56 Å². The van der Waals surface area contributed by atoms with E-state index in [0.717, 1.165) is 12.0 Å². The maximum absolute atomic E-state index is 13.4. The second-order valence-corrected chi connectivity index (χ2v) is 10.7. The minimum absolute atomic E-state index is 0.0194. The van der Waals surface area contributed by atoms with Crippen LogP contribution in [0.5, 0.6) is 0 Å². The highest BCUT2D eigenvalue weighted by molar-refractivity contribution is 7.48. The molecule has 2 aromatic rings. The summed E-state index contributed by atoms with van der Waals surface area (Å²) in [7, 11) is -3.80. The van der Waals surface area contributed by atoms with Gasteiger partial charge < -0.3 is 9.47 Å². The monoisotopic (exact) mass is 492 g/mol. The van der Waals surface area contributed by atoms with Crippen molar-refractivity contribution in [2.24, 2.45) is 0 Å². The lowest BCUT2D eigenvalue weighted by Crippen LogP contribution is -2.59. The summed E-state index contributed by atoms with van der Waals surface area (Å²) in [5.41, 5.74) is 0.0587. The molecule has 0 radical (unpaired) electrons. The van der Waals surface area contributed by atoms with Gasteiger partial charge in [0.05, 0.1) is 25.9 Å². The number of rotatable bonds is 6. The van der Waals surface area contributed by atoms with E-state index in [1.165, 1.54) is 27.0 Å². The van der Waals surface area contributed by atoms with Gasteiger partial charge in [-0.2, -0.15) is 0 Å². The van der Waals surface area contributed by atoms with Crippen LogP contribution in [0.25, 0.3) is 0 Å². The number of hydrogen-bond donors (Lipinski definition) is 0. The topological polar surface area (TPSA) is 107 Å². The highest BCUT2D eigenvalue weighted by Gasteiger charge is 2.66. The Morgan fingerprint density at radius 2 is 1.88 bits per heavy atom. The third-order valence-electron chi connectivity index (χ3n) is 6.50. The van der Waals surface area contributed by atoms with Crippen LogP contribution in [0.15, 0.2) is 46.1 Å². The number of aromatic nitrogens is 2. The highest BCUT2D eigenvalue weighted by Crippen LogP contribution is 2.61. The first-order valence-corrected chi connectivity index (χ1v) is 13.0. The van der Waals surface area contributed by atoms with E-state index in [1.54, 1.807) is 13.8 Å². The van der Waals surface area contributed by atoms with Crippen LogP contribution in [0.1, 0.15) is 44.5 Å². The maximum atomic E-state index is 13.4. The zero-order valence-corrected chi connectivity index (χ0v) is 20.3. The smallest absolute Gasteiger partial charge is 0.367 e. The first-order valence-electron chi connectivity index (χ1n) is 11.6. The zero-order valence-electron chi connectivity index (χ0n) is 19.4. The summed E-state index contributed by atoms with van der Waals surface area (Å²) >= 11 is 0. The summed E-state index contributed by atoms with van der Waals surface area (Å²) in [6, 6.07) is 9.13. The van der Waals surface area contributed by atoms with Gasteiger partial charge in [0, 0.05) is 18.7 Å². The molecule has 34 heavy (non-hydrogen) atoms. The summed E-state index contributed by atoms with van der Waals surface area (Å²) in [4.78, 5) is 26.0. The molecule has 11 heteroatoms. The van der Waals surface area contributed by atoms with Gasteiger partial charge >= 0.3 is 13.5 Å². The largest absolute Gasteiger partial charge is 0.475 e. The lowest BCUT2D eigenvalue weighted by molar-refractivity contribution is -0.225. The van der Waals surface area contributed by atoms with Crippen molar-refractivity contribution in [2.75, 3.05) is 13.2 Å². The SMILES string of the molecule is CCc1ccc(Cn2c(=O)ccn([C@@H]3O[C@@H]4CO[P@](=O)(OC(C)C)O[C@H]4[C@]34CCO4)c2=O)cc1. The second-order valence-electron chi connectivity index (χ2n) is 9.10. The molecule has 3 saturated heterocycles. The van der Waals surface area contributed by atoms with Crippen molar-refractivity contribution in [1.29, 1.82) is 0 Å². The second kappa shape index (κ2) is 8.86. The average molecular weight is 492 g/mol. The van der Waals surface area contributed by atoms with E-state index >= 15 is 0 Å². The lowest BCUT2D eigenvalue weighted by Gasteiger charge is -2.46. The van der Waals surface area contributed by atoms with Gasteiger partial charge in [-0.25, -0.2) is 9.36 Å². The Morgan fingerprint density at radius 3 is 2.50 bits per heavy atom. The van der Waals surface area contributed by atoms with Crippen LogP contribution >= 0.6 is 7.82 Å². The third kappa shape index (κ3) is 4.02. The molecule has 0 aliphatic carbocycles. The number of fused-ring (bicyclic) bond motifs is 2. The fourth-order valence-corrected chi connectivity index (χ4v) is 6.32. The van der Waals surface area contributed by atoms with E-state index < -0.39 is 43.1 Å². The van der Waals surface area contributed by atoms with Crippen molar-refractivity contribution < 1.29 is 27.6 Å². The number of hydrogen-bond acceptors (Lipinski definition) is 8. The van der Waals surface area contributed by atoms with Crippen LogP contribution in [0.3, 0.4) is 0 Å². The first-order chi connectivity index (χ1) is 16.2. The van der Waals surface area contributed by atoms with E-state index in [-0.39, 0.29) is 19.3 Å². The number of phosphoric acid groups is 1. The van der Waals surface area contributed by atoms with Crippen molar-refractivity contribution >= 4 is 7.82 Å². The van der Waals surface area contributed by atoms with Gasteiger partial charge in [0.1, 0.15) is 17.8 Å². The molecule has 0 saturated carbocycles. The van der Waals surface area contributed by atoms with Crippen molar-refractivity contribution in [3.05, 3.63) is 68.5 Å². The zero-order chi connectivity index (χ0) is 24.1. The molecule has 0 unspecified atom stereocenters. The summed E-state index contributed by atoms with van der Waals surface area (Å²) in [5, 5.41) is 0. The summed E-state index contributed by atoms with van der Waals surface area (Å²) in [5.74, 6) is 0. The molecule has 0 amide bonds. The molecule has 3 aliphatic rings. The molecule has 0 N–H and O–H groups in total. The molecule has 1 aromatic heterocycles. The van der Waals surface area contributed by atoms with Crippen LogP contribution in [-0.2, 0) is 40.6 Å². The fourth-order valence-electron chi connectivity index (χ4n) is 4.72. The molecular weight excluding hydrogens is 463 g/mol. The quantitative estimate of drug-likeness (QED) is 0.567. The Morgan fingerprint density at radius 1 is 1.18 bits per heavy atom. The number of benzene rings is 1. The van der Waals surface area contributed by atoms with Crippen LogP contribution in [0.2, 0.25) is 0 Å². The Labute approximate surface area is 197 Å². The summed E-state index contributed by atoms with van der Waals surface area (Å²) in [6.07, 6.45) is 0.282. The number of nitrogens with zero attached hydrogens (tertiary/aromatic N) is 2. The predicted molar refractivity (Wildman–Crippen MR) is 122 cm³/mol. The van der Waals surface area contributed by atoms with Crippen LogP contribution < -0.4 is 11.2 Å². The number of phosphoric ester groups is 1. The van der Waals surface area contributed by atoms with Crippen LogP contribution in [-0.4, -0.2) is 46.3 Å². The lowest BCUT2D eigenvalue weighted by atomic mass is 9.86. The minimum Gasteiger partial charge on any atom is -0.367 e. The molecule has 0 bridgehead atoms. The molecule has 4 heterocycles. The Bertz CT molecular complexity index is 1220. The summed E-state index contributed by atoms with van der Waals surface area (Å²) in [6.45, 7) is 6.10. The van der Waals surface area contributed by atoms with E-state index in [9.17, 15) is 14.2 Å². The first kappa shape index (κ1) is 23.7. The van der Waals surface area contributed by atoms with Crippen molar-refractivity contribution in [1.82, 2.24) is 9.13 Å². The van der Waals surface area contributed by atoms with E-state index in [1.807, 2.05) is 24.3 Å². The van der Waals surface area contributed by atoms with E-state index in [0.29, 0.717) is 13.0 Å². The standard InChI is InChI=1S/C23H29N2O8P/c1-4-16-5-7-17(8-6-16)13-25-19(26)9-11-24(22(25)27)21-23(10-12-29-23)20-18(31-21)14-30-34(28,33-20)32-15(2)3/h5-9,11,15,18,20-21H,4,10,12-14H2,1-3H3/t18-,20-,21-,23-,34-/m1/s1. The fraction of sp³-hybridized carbons (Fsp3) is 0.565. The van der Waals surface area contributed by atoms with E-state index in [4.69, 9.17) is 23.0 Å². The average Bonchev–Trinajstić information content (AvgIpc) is 3.10. The summed E-state index contributed by atoms with van der Waals surface area (Å²) < 4.78 is 44.2. The Balaban J connectivity index is 1.47. The molecule has 3 aliphatic heterocycles. The van der Waals surface area contributed by atoms with Gasteiger partial charge in [-0.05, 0) is 31.4 Å². The number of ether oxygens (including phenoxy) is 2. The molecule has 3 fully saturated rings. The van der Waals surface area contributed by atoms with Crippen LogP contribution in [0.4, 0.5) is 0 Å². The van der Waals surface area contributed by atoms with Gasteiger partial charge in [0.15, 0.2) is 6.23 Å². The molecule has 1 aromatic carbocycles. The van der Waals surface area contributed by atoms with Gasteiger partial charge in [0.2, 0.25) is 0 Å². The molecule has 184 valence electrons. The molecule has 5 atom stereocenters. The minimum atomic E-state index is -3.80. The van der Waals surface area contributed by atoms with Gasteiger partial charge in [-0.3, -0.25) is 27.5 Å². The van der Waals surface area contributed by atoms with E-state index in [2.05, 4.69) is 6.92 Å². The van der Waals surface area contributed by atoms with Crippen molar-refractivity contribution in [3.63, 3.8) is 0 Å². The van der Waals surface area contributed by atoms with Gasteiger partial charge in [-0.1, -0.05) is 31.2 Å². The highest BCUT2D eigenvalue weighted by atomic mass is 31.2. The number of aryl methyl sites for hydroxylation is 1. The van der Waals surface area contributed by atoms with Crippen molar-refractivity contribution in [2.45, 2.75) is 70.3 Å². The van der Waals surface area contributed by atoms with Gasteiger partial charge in [-0.15, -0.1) is 0 Å². The maximum Gasteiger partial charge on any atom is 0.475 e. The molecule has 10 nitrogen and oxygen atoms in total.